The van der Waals surface area contributed by atoms with Gasteiger partial charge in [-0.25, -0.2) is 0 Å². The molecule has 0 bridgehead atoms. The summed E-state index contributed by atoms with van der Waals surface area (Å²) in [4.78, 5) is 0. The minimum absolute atomic E-state index is 0.615. The van der Waals surface area contributed by atoms with Crippen LogP contribution in [0.3, 0.4) is 0 Å². The van der Waals surface area contributed by atoms with E-state index in [1.165, 1.54) is 0 Å². The number of hydrogen-bond donors (Lipinski definition) is 0. The van der Waals surface area contributed by atoms with E-state index in [0.29, 0.717) is 22.6 Å². The van der Waals surface area contributed by atoms with Crippen LogP contribution in [0.4, 0.5) is 0 Å². The Balaban J connectivity index is 1.45. The molecule has 4 aromatic carbocycles. The summed E-state index contributed by atoms with van der Waals surface area (Å²) in [6.07, 6.45) is 3.74. The maximum Gasteiger partial charge on any atom is 0.127 e. The van der Waals surface area contributed by atoms with Gasteiger partial charge in [-0.2, -0.15) is 10.5 Å². The van der Waals surface area contributed by atoms with Crippen LogP contribution in [0.2, 0.25) is 0 Å². The highest BCUT2D eigenvalue weighted by Crippen LogP contribution is 2.25. The maximum atomic E-state index is 9.56. The molecular formula is C32H24N2O. The van der Waals surface area contributed by atoms with Gasteiger partial charge in [0.05, 0.1) is 23.3 Å². The van der Waals surface area contributed by atoms with E-state index in [-0.39, 0.29) is 0 Å². The molecule has 4 rings (SSSR count). The molecule has 3 heteroatoms. The molecule has 0 aliphatic heterocycles. The topological polar surface area (TPSA) is 56.8 Å². The normalized spacial score (nSPS) is 11.4. The highest BCUT2D eigenvalue weighted by atomic mass is 16.5. The van der Waals surface area contributed by atoms with Gasteiger partial charge < -0.3 is 4.74 Å². The molecule has 0 radical (unpaired) electrons. The van der Waals surface area contributed by atoms with Crippen molar-refractivity contribution in [1.29, 1.82) is 10.5 Å². The summed E-state index contributed by atoms with van der Waals surface area (Å²) in [5, 5.41) is 19.1. The van der Waals surface area contributed by atoms with E-state index < -0.39 is 0 Å². The van der Waals surface area contributed by atoms with Crippen molar-refractivity contribution in [1.82, 2.24) is 0 Å². The molecule has 0 amide bonds. The van der Waals surface area contributed by atoms with Gasteiger partial charge in [0.2, 0.25) is 0 Å². The van der Waals surface area contributed by atoms with Gasteiger partial charge in [-0.05, 0) is 72.5 Å². The molecule has 3 nitrogen and oxygen atoms in total. The van der Waals surface area contributed by atoms with Gasteiger partial charge in [0, 0.05) is 0 Å². The average Bonchev–Trinajstić information content (AvgIpc) is 2.89. The van der Waals surface area contributed by atoms with E-state index in [1.807, 2.05) is 123 Å². The number of aryl methyl sites for hydroxylation is 2. The third-order valence-corrected chi connectivity index (χ3v) is 5.58. The van der Waals surface area contributed by atoms with E-state index in [2.05, 4.69) is 12.1 Å². The monoisotopic (exact) mass is 452 g/mol. The standard InChI is InChI=1S/C32H24N2O/c1-23-3-11-27(12-4-23)29(21-33)19-25-7-15-31(16-8-25)35-32-17-9-26(10-18-32)20-30(22-34)28-13-5-24(2)6-14-28/h3-20H,1-2H3/b29-19+,30-20+. The predicted octanol–water partition coefficient (Wildman–Crippen LogP) is 8.22. The second-order valence-electron chi connectivity index (χ2n) is 8.31. The van der Waals surface area contributed by atoms with Crippen LogP contribution in [0.1, 0.15) is 33.4 Å². The van der Waals surface area contributed by atoms with Gasteiger partial charge in [0.25, 0.3) is 0 Å². The van der Waals surface area contributed by atoms with Gasteiger partial charge in [0.1, 0.15) is 11.5 Å². The van der Waals surface area contributed by atoms with E-state index in [9.17, 15) is 10.5 Å². The van der Waals surface area contributed by atoms with Crippen molar-refractivity contribution in [2.24, 2.45) is 0 Å². The van der Waals surface area contributed by atoms with Gasteiger partial charge in [-0.15, -0.1) is 0 Å². The number of nitriles is 2. The highest BCUT2D eigenvalue weighted by Gasteiger charge is 2.04. The second-order valence-corrected chi connectivity index (χ2v) is 8.31. The first kappa shape index (κ1) is 23.3. The molecule has 0 N–H and O–H groups in total. The van der Waals surface area contributed by atoms with Crippen molar-refractivity contribution in [3.8, 4) is 23.6 Å². The van der Waals surface area contributed by atoms with Crippen LogP contribution in [0.15, 0.2) is 97.1 Å². The first-order valence-corrected chi connectivity index (χ1v) is 11.3. The number of benzene rings is 4. The molecule has 0 atom stereocenters. The predicted molar refractivity (Wildman–Crippen MR) is 142 cm³/mol. The molecule has 0 unspecified atom stereocenters. The number of allylic oxidation sites excluding steroid dienone is 2. The van der Waals surface area contributed by atoms with E-state index in [1.54, 1.807) is 0 Å². The number of ether oxygens (including phenoxy) is 1. The van der Waals surface area contributed by atoms with Gasteiger partial charge in [-0.3, -0.25) is 0 Å². The summed E-state index contributed by atoms with van der Waals surface area (Å²) in [6.45, 7) is 4.05. The molecule has 0 aromatic heterocycles. The van der Waals surface area contributed by atoms with Crippen LogP contribution < -0.4 is 4.74 Å². The number of nitrogens with zero attached hydrogens (tertiary/aromatic N) is 2. The molecule has 0 saturated carbocycles. The summed E-state index contributed by atoms with van der Waals surface area (Å²) in [7, 11) is 0. The van der Waals surface area contributed by atoms with E-state index in [0.717, 1.165) is 33.4 Å². The van der Waals surface area contributed by atoms with Crippen molar-refractivity contribution < 1.29 is 4.74 Å². The van der Waals surface area contributed by atoms with Crippen molar-refractivity contribution in [2.75, 3.05) is 0 Å². The lowest BCUT2D eigenvalue weighted by molar-refractivity contribution is 0.482. The third kappa shape index (κ3) is 6.14. The molecular weight excluding hydrogens is 428 g/mol. The van der Waals surface area contributed by atoms with E-state index in [4.69, 9.17) is 4.74 Å². The lowest BCUT2D eigenvalue weighted by atomic mass is 10.0. The van der Waals surface area contributed by atoms with Crippen molar-refractivity contribution in [3.63, 3.8) is 0 Å². The first-order chi connectivity index (χ1) is 17.0. The molecule has 0 saturated heterocycles. The van der Waals surface area contributed by atoms with Crippen LogP contribution in [0.5, 0.6) is 11.5 Å². The number of hydrogen-bond acceptors (Lipinski definition) is 3. The number of rotatable bonds is 6. The van der Waals surface area contributed by atoms with Crippen LogP contribution >= 0.6 is 0 Å². The maximum absolute atomic E-state index is 9.56. The smallest absolute Gasteiger partial charge is 0.127 e. The molecule has 0 fully saturated rings. The van der Waals surface area contributed by atoms with Crippen LogP contribution in [0, 0.1) is 36.5 Å². The molecule has 0 heterocycles. The Morgan fingerprint density at radius 3 is 1.20 bits per heavy atom. The minimum Gasteiger partial charge on any atom is -0.457 e. The fourth-order valence-corrected chi connectivity index (χ4v) is 3.56. The van der Waals surface area contributed by atoms with Crippen LogP contribution in [-0.2, 0) is 0 Å². The van der Waals surface area contributed by atoms with Crippen LogP contribution in [-0.4, -0.2) is 0 Å². The first-order valence-electron chi connectivity index (χ1n) is 11.3. The summed E-state index contributed by atoms with van der Waals surface area (Å²) in [6, 6.07) is 35.7. The SMILES string of the molecule is Cc1ccc(/C(C#N)=C/c2ccc(Oc3ccc(/C=C(\C#N)c4ccc(C)cc4)cc3)cc2)cc1. The molecule has 0 aliphatic rings. The molecule has 4 aromatic rings. The Labute approximate surface area is 206 Å². The van der Waals surface area contributed by atoms with Gasteiger partial charge in [-0.1, -0.05) is 83.9 Å². The highest BCUT2D eigenvalue weighted by molar-refractivity contribution is 5.90. The largest absolute Gasteiger partial charge is 0.457 e. The summed E-state index contributed by atoms with van der Waals surface area (Å²) in [5.41, 5.74) is 7.20. The average molecular weight is 453 g/mol. The molecule has 0 spiro atoms. The third-order valence-electron chi connectivity index (χ3n) is 5.58. The Morgan fingerprint density at radius 2 is 0.886 bits per heavy atom. The zero-order valence-corrected chi connectivity index (χ0v) is 19.7. The summed E-state index contributed by atoms with van der Waals surface area (Å²) >= 11 is 0. The molecule has 35 heavy (non-hydrogen) atoms. The Hall–Kier alpha value is -4.86. The lowest BCUT2D eigenvalue weighted by Crippen LogP contribution is -1.86. The zero-order chi connectivity index (χ0) is 24.6. The van der Waals surface area contributed by atoms with E-state index >= 15 is 0 Å². The zero-order valence-electron chi connectivity index (χ0n) is 19.7. The summed E-state index contributed by atoms with van der Waals surface area (Å²) < 4.78 is 5.98. The van der Waals surface area contributed by atoms with Crippen molar-refractivity contribution in [3.05, 3.63) is 130 Å². The Morgan fingerprint density at radius 1 is 0.543 bits per heavy atom. The quantitative estimate of drug-likeness (QED) is 0.219. The van der Waals surface area contributed by atoms with Crippen LogP contribution in [0.25, 0.3) is 23.3 Å². The Kier molecular flexibility index (Phi) is 7.22. The minimum atomic E-state index is 0.615. The summed E-state index contributed by atoms with van der Waals surface area (Å²) in [5.74, 6) is 1.41. The molecule has 0 aliphatic carbocycles. The Bertz CT molecular complexity index is 1330. The lowest BCUT2D eigenvalue weighted by Gasteiger charge is -2.07. The second kappa shape index (κ2) is 10.8. The van der Waals surface area contributed by atoms with Crippen molar-refractivity contribution >= 4 is 23.3 Å². The van der Waals surface area contributed by atoms with Crippen molar-refractivity contribution in [2.45, 2.75) is 13.8 Å². The fraction of sp³-hybridized carbons (Fsp3) is 0.0625. The molecule has 168 valence electrons. The van der Waals surface area contributed by atoms with Gasteiger partial charge in [0.15, 0.2) is 0 Å². The van der Waals surface area contributed by atoms with Gasteiger partial charge >= 0.3 is 0 Å². The fourth-order valence-electron chi connectivity index (χ4n) is 3.56.